The van der Waals surface area contributed by atoms with Crippen molar-refractivity contribution >= 4 is 46.5 Å². The highest BCUT2D eigenvalue weighted by molar-refractivity contribution is 7.80. The second kappa shape index (κ2) is 12.4. The summed E-state index contributed by atoms with van der Waals surface area (Å²) in [5.41, 5.74) is 1.41. The van der Waals surface area contributed by atoms with Crippen LogP contribution in [-0.4, -0.2) is 47.3 Å². The molecule has 0 amide bonds. The first-order valence-electron chi connectivity index (χ1n) is 14.6. The first-order valence-corrected chi connectivity index (χ1v) is 15.4. The minimum atomic E-state index is 0.0656. The van der Waals surface area contributed by atoms with Crippen LogP contribution in [0.2, 0.25) is 5.02 Å². The molecule has 3 aliphatic rings. The lowest BCUT2D eigenvalue weighted by Gasteiger charge is -2.38. The monoisotopic (exact) mass is 554 g/mol. The van der Waals surface area contributed by atoms with Crippen LogP contribution in [0.1, 0.15) is 83.6 Å². The molecule has 1 aliphatic carbocycles. The second-order valence-corrected chi connectivity index (χ2v) is 12.6. The molecule has 1 atom stereocenters. The fraction of sp³-hybridized carbons (Fsp3) is 0.633. The van der Waals surface area contributed by atoms with Gasteiger partial charge in [-0.05, 0) is 87.7 Å². The van der Waals surface area contributed by atoms with Crippen molar-refractivity contribution in [2.45, 2.75) is 89.5 Å². The Kier molecular flexibility index (Phi) is 8.94. The van der Waals surface area contributed by atoms with Gasteiger partial charge >= 0.3 is 0 Å². The summed E-state index contributed by atoms with van der Waals surface area (Å²) in [5.74, 6) is 3.39. The van der Waals surface area contributed by atoms with Crippen LogP contribution in [-0.2, 0) is 5.41 Å². The number of piperidine rings is 2. The molecule has 1 aromatic carbocycles. The van der Waals surface area contributed by atoms with Crippen LogP contribution in [0, 0.1) is 5.92 Å². The highest BCUT2D eigenvalue weighted by Crippen LogP contribution is 2.39. The zero-order valence-electron chi connectivity index (χ0n) is 23.0. The molecule has 1 aromatic heterocycles. The van der Waals surface area contributed by atoms with E-state index in [1.54, 1.807) is 0 Å². The molecule has 2 aromatic rings. The van der Waals surface area contributed by atoms with Gasteiger partial charge in [-0.15, -0.1) is 0 Å². The van der Waals surface area contributed by atoms with Gasteiger partial charge in [0.2, 0.25) is 5.95 Å². The molecule has 1 saturated carbocycles. The SMILES string of the molecule is CC1CCN(c2cc(N3CCCC[C@H]3C)nc(NC(=S)NCC3(c4ccc(Cl)cc4)CCCCC3)n2)CC1. The van der Waals surface area contributed by atoms with Gasteiger partial charge < -0.3 is 20.4 Å². The summed E-state index contributed by atoms with van der Waals surface area (Å²) in [6, 6.07) is 11.1. The standard InChI is InChI=1S/C30H43ClN6S/c1-22-13-18-36(19-14-22)26-20-27(37-17-7-4-8-23(37)2)34-28(33-26)35-29(38)32-21-30(15-5-3-6-16-30)24-9-11-25(31)12-10-24/h9-12,20,22-23H,3-8,13-19,21H2,1-2H3,(H2,32,33,34,35,38)/t23-/m1/s1. The minimum absolute atomic E-state index is 0.0656. The number of hydrogen-bond donors (Lipinski definition) is 2. The van der Waals surface area contributed by atoms with Crippen LogP contribution in [0.4, 0.5) is 17.6 Å². The third kappa shape index (κ3) is 6.53. The van der Waals surface area contributed by atoms with Gasteiger partial charge in [-0.1, -0.05) is 49.9 Å². The van der Waals surface area contributed by atoms with Gasteiger partial charge in [0, 0.05) is 48.7 Å². The Bertz CT molecular complexity index is 1080. The predicted octanol–water partition coefficient (Wildman–Crippen LogP) is 6.93. The maximum atomic E-state index is 6.20. The Hall–Kier alpha value is -2.12. The molecule has 6 nitrogen and oxygen atoms in total. The van der Waals surface area contributed by atoms with E-state index in [-0.39, 0.29) is 5.41 Å². The van der Waals surface area contributed by atoms with Gasteiger partial charge in [0.1, 0.15) is 11.6 Å². The topological polar surface area (TPSA) is 56.3 Å². The number of benzene rings is 1. The third-order valence-electron chi connectivity index (χ3n) is 8.98. The normalized spacial score (nSPS) is 22.2. The highest BCUT2D eigenvalue weighted by atomic mass is 35.5. The van der Waals surface area contributed by atoms with Gasteiger partial charge in [0.15, 0.2) is 5.11 Å². The summed E-state index contributed by atoms with van der Waals surface area (Å²) in [6.45, 7) is 8.57. The molecule has 0 radical (unpaired) electrons. The lowest BCUT2D eigenvalue weighted by Crippen LogP contribution is -2.44. The van der Waals surface area contributed by atoms with Gasteiger partial charge in [-0.2, -0.15) is 9.97 Å². The molecular formula is C30H43ClN6S. The summed E-state index contributed by atoms with van der Waals surface area (Å²) >= 11 is 12.0. The van der Waals surface area contributed by atoms with E-state index in [1.165, 1.54) is 56.9 Å². The number of aromatic nitrogens is 2. The Morgan fingerprint density at radius 3 is 2.37 bits per heavy atom. The zero-order chi connectivity index (χ0) is 26.5. The number of thiocarbonyl (C=S) groups is 1. The highest BCUT2D eigenvalue weighted by Gasteiger charge is 2.34. The average molecular weight is 555 g/mol. The van der Waals surface area contributed by atoms with Crippen molar-refractivity contribution in [1.82, 2.24) is 15.3 Å². The number of nitrogens with zero attached hydrogens (tertiary/aromatic N) is 4. The smallest absolute Gasteiger partial charge is 0.232 e. The maximum Gasteiger partial charge on any atom is 0.232 e. The van der Waals surface area contributed by atoms with Crippen molar-refractivity contribution < 1.29 is 0 Å². The van der Waals surface area contributed by atoms with E-state index in [0.29, 0.717) is 17.1 Å². The van der Waals surface area contributed by atoms with Crippen LogP contribution in [0.15, 0.2) is 30.3 Å². The molecule has 0 spiro atoms. The number of anilines is 3. The number of halogens is 1. The van der Waals surface area contributed by atoms with Crippen molar-refractivity contribution in [3.05, 3.63) is 40.9 Å². The summed E-state index contributed by atoms with van der Waals surface area (Å²) in [4.78, 5) is 14.8. The molecule has 5 rings (SSSR count). The van der Waals surface area contributed by atoms with Crippen LogP contribution in [0.25, 0.3) is 0 Å². The Balaban J connectivity index is 1.33. The molecule has 38 heavy (non-hydrogen) atoms. The Morgan fingerprint density at radius 2 is 1.66 bits per heavy atom. The summed E-state index contributed by atoms with van der Waals surface area (Å²) in [5, 5.41) is 8.28. The minimum Gasteiger partial charge on any atom is -0.361 e. The van der Waals surface area contributed by atoms with E-state index >= 15 is 0 Å². The molecule has 0 bridgehead atoms. The molecule has 206 valence electrons. The third-order valence-corrected chi connectivity index (χ3v) is 9.48. The maximum absolute atomic E-state index is 6.20. The fourth-order valence-corrected chi connectivity index (χ4v) is 6.75. The van der Waals surface area contributed by atoms with Gasteiger partial charge in [-0.25, -0.2) is 0 Å². The van der Waals surface area contributed by atoms with Crippen molar-refractivity contribution in [2.75, 3.05) is 41.3 Å². The first-order chi connectivity index (χ1) is 18.4. The molecule has 3 heterocycles. The lowest BCUT2D eigenvalue weighted by atomic mass is 9.69. The largest absolute Gasteiger partial charge is 0.361 e. The molecular weight excluding hydrogens is 512 g/mol. The Morgan fingerprint density at radius 1 is 0.947 bits per heavy atom. The number of nitrogens with one attached hydrogen (secondary N) is 2. The van der Waals surface area contributed by atoms with Crippen molar-refractivity contribution in [2.24, 2.45) is 5.92 Å². The molecule has 3 fully saturated rings. The molecule has 2 N–H and O–H groups in total. The van der Waals surface area contributed by atoms with Gasteiger partial charge in [-0.3, -0.25) is 0 Å². The Labute approximate surface area is 238 Å². The molecule has 2 saturated heterocycles. The van der Waals surface area contributed by atoms with Crippen molar-refractivity contribution in [3.63, 3.8) is 0 Å². The average Bonchev–Trinajstić information content (AvgIpc) is 2.93. The van der Waals surface area contributed by atoms with E-state index in [0.717, 1.165) is 61.6 Å². The predicted molar refractivity (Wildman–Crippen MR) is 164 cm³/mol. The number of hydrogen-bond acceptors (Lipinski definition) is 5. The van der Waals surface area contributed by atoms with Gasteiger partial charge in [0.05, 0.1) is 0 Å². The van der Waals surface area contributed by atoms with E-state index in [2.05, 4.69) is 52.5 Å². The molecule has 0 unspecified atom stereocenters. The molecule has 2 aliphatic heterocycles. The van der Waals surface area contributed by atoms with Crippen LogP contribution >= 0.6 is 23.8 Å². The lowest BCUT2D eigenvalue weighted by molar-refractivity contribution is 0.292. The zero-order valence-corrected chi connectivity index (χ0v) is 24.6. The fourth-order valence-electron chi connectivity index (χ4n) is 6.46. The quantitative estimate of drug-likeness (QED) is 0.375. The summed E-state index contributed by atoms with van der Waals surface area (Å²) in [6.07, 6.45) is 12.2. The van der Waals surface area contributed by atoms with Crippen molar-refractivity contribution in [3.8, 4) is 0 Å². The van der Waals surface area contributed by atoms with Crippen LogP contribution in [0.5, 0.6) is 0 Å². The summed E-state index contributed by atoms with van der Waals surface area (Å²) in [7, 11) is 0. The first kappa shape index (κ1) is 27.4. The van der Waals surface area contributed by atoms with Gasteiger partial charge in [0.25, 0.3) is 0 Å². The van der Waals surface area contributed by atoms with E-state index in [4.69, 9.17) is 33.8 Å². The van der Waals surface area contributed by atoms with Crippen LogP contribution in [0.3, 0.4) is 0 Å². The van der Waals surface area contributed by atoms with E-state index < -0.39 is 0 Å². The van der Waals surface area contributed by atoms with Crippen LogP contribution < -0.4 is 20.4 Å². The molecule has 8 heteroatoms. The second-order valence-electron chi connectivity index (χ2n) is 11.8. The number of rotatable bonds is 6. The van der Waals surface area contributed by atoms with Crippen molar-refractivity contribution in [1.29, 1.82) is 0 Å². The van der Waals surface area contributed by atoms with E-state index in [9.17, 15) is 0 Å². The van der Waals surface area contributed by atoms with E-state index in [1.807, 2.05) is 12.1 Å². The summed E-state index contributed by atoms with van der Waals surface area (Å²) < 4.78 is 0.